The SMILES string of the molecule is C[C@@H](COC(c1ccccc1)(c1ccccc1)c1ccccc1)N1CCC(F)C1. The van der Waals surface area contributed by atoms with Crippen LogP contribution < -0.4 is 0 Å². The Kier molecular flexibility index (Phi) is 6.08. The molecule has 1 aliphatic rings. The lowest BCUT2D eigenvalue weighted by Gasteiger charge is -2.38. The highest BCUT2D eigenvalue weighted by atomic mass is 19.1. The third-order valence-electron chi connectivity index (χ3n) is 5.87. The first-order valence-corrected chi connectivity index (χ1v) is 10.4. The van der Waals surface area contributed by atoms with Crippen LogP contribution in [0.25, 0.3) is 0 Å². The summed E-state index contributed by atoms with van der Waals surface area (Å²) in [5, 5.41) is 0. The van der Waals surface area contributed by atoms with E-state index in [1.165, 1.54) is 0 Å². The van der Waals surface area contributed by atoms with Crippen LogP contribution in [-0.4, -0.2) is 36.8 Å². The van der Waals surface area contributed by atoms with Crippen molar-refractivity contribution in [1.82, 2.24) is 4.90 Å². The van der Waals surface area contributed by atoms with Gasteiger partial charge in [-0.05, 0) is 30.0 Å². The molecule has 4 rings (SSSR count). The molecular formula is C26H28FNO. The van der Waals surface area contributed by atoms with Gasteiger partial charge in [-0.3, -0.25) is 4.90 Å². The van der Waals surface area contributed by atoms with Gasteiger partial charge in [0.15, 0.2) is 0 Å². The lowest BCUT2D eigenvalue weighted by Crippen LogP contribution is -2.40. The van der Waals surface area contributed by atoms with E-state index in [4.69, 9.17) is 4.74 Å². The summed E-state index contributed by atoms with van der Waals surface area (Å²) in [6.07, 6.45) is -0.106. The number of rotatable bonds is 7. The summed E-state index contributed by atoms with van der Waals surface area (Å²) >= 11 is 0. The Morgan fingerprint density at radius 1 is 0.862 bits per heavy atom. The molecule has 29 heavy (non-hydrogen) atoms. The van der Waals surface area contributed by atoms with Crippen molar-refractivity contribution in [2.75, 3.05) is 19.7 Å². The summed E-state index contributed by atoms with van der Waals surface area (Å²) in [6, 6.07) is 31.3. The molecule has 1 unspecified atom stereocenters. The molecule has 0 N–H and O–H groups in total. The molecule has 0 amide bonds. The Bertz CT molecular complexity index is 788. The van der Waals surface area contributed by atoms with Crippen molar-refractivity contribution in [2.45, 2.75) is 31.2 Å². The number of halogens is 1. The maximum absolute atomic E-state index is 13.7. The predicted octanol–water partition coefficient (Wildman–Crippen LogP) is 5.43. The van der Waals surface area contributed by atoms with Gasteiger partial charge in [0.05, 0.1) is 6.61 Å². The van der Waals surface area contributed by atoms with Gasteiger partial charge in [0.2, 0.25) is 0 Å². The maximum atomic E-state index is 13.7. The smallest absolute Gasteiger partial charge is 0.143 e. The zero-order valence-corrected chi connectivity index (χ0v) is 16.9. The second-order valence-corrected chi connectivity index (χ2v) is 7.82. The number of hydrogen-bond acceptors (Lipinski definition) is 2. The first kappa shape index (κ1) is 19.8. The zero-order chi connectivity index (χ0) is 20.1. The fraction of sp³-hybridized carbons (Fsp3) is 0.308. The molecule has 150 valence electrons. The van der Waals surface area contributed by atoms with Crippen LogP contribution in [0.3, 0.4) is 0 Å². The standard InChI is InChI=1S/C26H28FNO/c1-21(28-18-17-25(27)19-28)20-29-26(22-11-5-2-6-12-22,23-13-7-3-8-14-23)24-15-9-4-10-16-24/h2-16,21,25H,17-20H2,1H3/t21-,25?/m0/s1. The number of nitrogens with zero attached hydrogens (tertiary/aromatic N) is 1. The van der Waals surface area contributed by atoms with E-state index in [-0.39, 0.29) is 6.04 Å². The highest BCUT2D eigenvalue weighted by molar-refractivity contribution is 5.47. The lowest BCUT2D eigenvalue weighted by atomic mass is 9.80. The minimum atomic E-state index is -0.723. The van der Waals surface area contributed by atoms with E-state index >= 15 is 0 Å². The van der Waals surface area contributed by atoms with Crippen molar-refractivity contribution >= 4 is 0 Å². The summed E-state index contributed by atoms with van der Waals surface area (Å²) in [4.78, 5) is 2.19. The van der Waals surface area contributed by atoms with Crippen LogP contribution in [0.1, 0.15) is 30.0 Å². The summed E-state index contributed by atoms with van der Waals surface area (Å²) in [6.45, 7) is 3.94. The van der Waals surface area contributed by atoms with Crippen LogP contribution >= 0.6 is 0 Å². The summed E-state index contributed by atoms with van der Waals surface area (Å²) in [7, 11) is 0. The van der Waals surface area contributed by atoms with E-state index in [9.17, 15) is 4.39 Å². The number of likely N-dealkylation sites (tertiary alicyclic amines) is 1. The normalized spacial score (nSPS) is 18.6. The fourth-order valence-corrected chi connectivity index (χ4v) is 4.26. The van der Waals surface area contributed by atoms with E-state index in [0.717, 1.165) is 23.2 Å². The topological polar surface area (TPSA) is 12.5 Å². The molecule has 3 heteroatoms. The van der Waals surface area contributed by atoms with Gasteiger partial charge in [-0.15, -0.1) is 0 Å². The first-order valence-electron chi connectivity index (χ1n) is 10.4. The molecule has 0 spiro atoms. The largest absolute Gasteiger partial charge is 0.359 e. The molecule has 1 fully saturated rings. The molecule has 0 radical (unpaired) electrons. The van der Waals surface area contributed by atoms with Crippen LogP contribution in [0.2, 0.25) is 0 Å². The van der Waals surface area contributed by atoms with Crippen molar-refractivity contribution in [3.8, 4) is 0 Å². The molecule has 3 aromatic carbocycles. The van der Waals surface area contributed by atoms with Crippen LogP contribution in [0.5, 0.6) is 0 Å². The van der Waals surface area contributed by atoms with Crippen LogP contribution in [0, 0.1) is 0 Å². The molecule has 1 heterocycles. The Balaban J connectivity index is 1.75. The van der Waals surface area contributed by atoms with Gasteiger partial charge < -0.3 is 4.74 Å². The Hall–Kier alpha value is -2.49. The van der Waals surface area contributed by atoms with Gasteiger partial charge >= 0.3 is 0 Å². The summed E-state index contributed by atoms with van der Waals surface area (Å²) in [5.41, 5.74) is 2.56. The molecular weight excluding hydrogens is 361 g/mol. The molecule has 0 aliphatic carbocycles. The molecule has 2 nitrogen and oxygen atoms in total. The molecule has 1 aliphatic heterocycles. The van der Waals surface area contributed by atoms with E-state index < -0.39 is 11.8 Å². The van der Waals surface area contributed by atoms with Crippen molar-refractivity contribution < 1.29 is 9.13 Å². The van der Waals surface area contributed by atoms with Gasteiger partial charge in [-0.2, -0.15) is 0 Å². The van der Waals surface area contributed by atoms with E-state index in [0.29, 0.717) is 19.6 Å². The monoisotopic (exact) mass is 389 g/mol. The highest BCUT2D eigenvalue weighted by Gasteiger charge is 2.38. The molecule has 0 bridgehead atoms. The highest BCUT2D eigenvalue weighted by Crippen LogP contribution is 2.40. The Morgan fingerprint density at radius 2 is 1.31 bits per heavy atom. The van der Waals surface area contributed by atoms with Gasteiger partial charge in [-0.1, -0.05) is 91.0 Å². The third kappa shape index (κ3) is 4.12. The number of ether oxygens (including phenoxy) is 1. The molecule has 0 aromatic heterocycles. The van der Waals surface area contributed by atoms with E-state index in [1.807, 2.05) is 18.2 Å². The predicted molar refractivity (Wildman–Crippen MR) is 116 cm³/mol. The summed E-state index contributed by atoms with van der Waals surface area (Å²) in [5.74, 6) is 0. The third-order valence-corrected chi connectivity index (χ3v) is 5.87. The van der Waals surface area contributed by atoms with E-state index in [2.05, 4.69) is 84.6 Å². The van der Waals surface area contributed by atoms with Crippen molar-refractivity contribution in [2.24, 2.45) is 0 Å². The van der Waals surface area contributed by atoms with Gasteiger partial charge in [0.1, 0.15) is 11.8 Å². The molecule has 3 aromatic rings. The Morgan fingerprint density at radius 3 is 1.69 bits per heavy atom. The minimum absolute atomic E-state index is 0.145. The summed E-state index contributed by atoms with van der Waals surface area (Å²) < 4.78 is 20.6. The van der Waals surface area contributed by atoms with Crippen LogP contribution in [0.4, 0.5) is 4.39 Å². The zero-order valence-electron chi connectivity index (χ0n) is 16.9. The van der Waals surface area contributed by atoms with E-state index in [1.54, 1.807) is 0 Å². The average molecular weight is 390 g/mol. The van der Waals surface area contributed by atoms with Crippen LogP contribution in [-0.2, 0) is 10.3 Å². The maximum Gasteiger partial charge on any atom is 0.143 e. The fourth-order valence-electron chi connectivity index (χ4n) is 4.26. The second-order valence-electron chi connectivity index (χ2n) is 7.82. The quantitative estimate of drug-likeness (QED) is 0.500. The van der Waals surface area contributed by atoms with Gasteiger partial charge in [0.25, 0.3) is 0 Å². The van der Waals surface area contributed by atoms with Crippen molar-refractivity contribution in [1.29, 1.82) is 0 Å². The Labute approximate surface area is 172 Å². The molecule has 2 atom stereocenters. The number of benzene rings is 3. The van der Waals surface area contributed by atoms with Gasteiger partial charge in [0, 0.05) is 19.1 Å². The molecule has 0 saturated carbocycles. The molecule has 1 saturated heterocycles. The minimum Gasteiger partial charge on any atom is -0.359 e. The van der Waals surface area contributed by atoms with Crippen molar-refractivity contribution in [3.63, 3.8) is 0 Å². The number of hydrogen-bond donors (Lipinski definition) is 0. The first-order chi connectivity index (χ1) is 14.2. The average Bonchev–Trinajstić information content (AvgIpc) is 3.23. The lowest BCUT2D eigenvalue weighted by molar-refractivity contribution is -0.0165. The van der Waals surface area contributed by atoms with Crippen LogP contribution in [0.15, 0.2) is 91.0 Å². The number of alkyl halides is 1. The second kappa shape index (κ2) is 8.89. The van der Waals surface area contributed by atoms with Gasteiger partial charge in [-0.25, -0.2) is 4.39 Å². The van der Waals surface area contributed by atoms with Crippen molar-refractivity contribution in [3.05, 3.63) is 108 Å².